The first-order valence-corrected chi connectivity index (χ1v) is 16.6. The second-order valence-electron chi connectivity index (χ2n) is 14.3. The number of carbonyl (C=O) groups excluding carboxylic acids is 1. The van der Waals surface area contributed by atoms with Gasteiger partial charge < -0.3 is 8.92 Å². The molecule has 0 radical (unpaired) electrons. The van der Waals surface area contributed by atoms with E-state index in [9.17, 15) is 18.0 Å². The first kappa shape index (κ1) is 34.4. The van der Waals surface area contributed by atoms with E-state index < -0.39 is 10.9 Å². The zero-order chi connectivity index (χ0) is 31.1. The Labute approximate surface area is 252 Å². The third-order valence-corrected chi connectivity index (χ3v) is 13.1. The normalized spacial score (nSPS) is 42.2. The highest BCUT2D eigenvalue weighted by Crippen LogP contribution is 2.76. The molecule has 0 aromatic rings. The number of carbonyl (C=O) groups is 1. The van der Waals surface area contributed by atoms with Crippen molar-refractivity contribution in [3.63, 3.8) is 0 Å². The molecule has 5 aliphatic rings. The highest BCUT2D eigenvalue weighted by molar-refractivity contribution is 7.95. The van der Waals surface area contributed by atoms with Crippen molar-refractivity contribution >= 4 is 18.0 Å². The Hall–Kier alpha value is -1.11. The van der Waals surface area contributed by atoms with Crippen molar-refractivity contribution in [1.29, 1.82) is 0 Å². The third-order valence-electron chi connectivity index (χ3n) is 12.7. The Morgan fingerprint density at radius 2 is 1.59 bits per heavy atom. The molecule has 236 valence electrons. The molecular weight excluding hydrogens is 545 g/mol. The molecule has 41 heavy (non-hydrogen) atoms. The summed E-state index contributed by atoms with van der Waals surface area (Å²) in [6.07, 6.45) is 14.1. The lowest BCUT2D eigenvalue weighted by atomic mass is 9.33. The lowest BCUT2D eigenvalue weighted by Gasteiger charge is -2.71. The fourth-order valence-corrected chi connectivity index (χ4v) is 11.4. The molecule has 7 heteroatoms. The van der Waals surface area contributed by atoms with Crippen LogP contribution in [-0.2, 0) is 13.7 Å². The lowest BCUT2D eigenvalue weighted by Crippen LogP contribution is -2.65. The van der Waals surface area contributed by atoms with Gasteiger partial charge in [0.25, 0.3) is 0 Å². The summed E-state index contributed by atoms with van der Waals surface area (Å²) < 4.78 is 49.4. The zero-order valence-electron chi connectivity index (χ0n) is 27.0. The summed E-state index contributed by atoms with van der Waals surface area (Å²) in [4.78, 5) is 13.1. The number of rotatable bonds is 3. The van der Waals surface area contributed by atoms with Crippen LogP contribution in [0.1, 0.15) is 120 Å². The molecule has 0 spiro atoms. The maximum absolute atomic E-state index is 13.1. The standard InChI is InChI=1S/C29H43F3O3S.C3H6.C2H6/c1-24(2)20-11-15-27(5)21(25(20,3)14-12-22(24)35-36-29(30,31)32)10-9-18-19-8-7-13-28(19,23(33)34-6)17-16-26(18,27)4;1-3-2;1-2/h12,18-21H,7-11,13-17H2,1-6H3;3H,1H2,2H3;1-2H3/t18?,19?,20?,21?,25?,26-,27?,28?;;/m1../s1. The number of fused-ring (bicyclic) bond motifs is 7. The van der Waals surface area contributed by atoms with Gasteiger partial charge in [-0.25, -0.2) is 0 Å². The van der Waals surface area contributed by atoms with E-state index in [2.05, 4.69) is 41.2 Å². The van der Waals surface area contributed by atoms with Crippen molar-refractivity contribution in [2.24, 2.45) is 50.7 Å². The summed E-state index contributed by atoms with van der Waals surface area (Å²) in [5, 5.41) is 0. The van der Waals surface area contributed by atoms with Crippen molar-refractivity contribution in [2.45, 2.75) is 125 Å². The summed E-state index contributed by atoms with van der Waals surface area (Å²) >= 11 is -0.377. The monoisotopic (exact) mass is 600 g/mol. The smallest absolute Gasteiger partial charge is 0.469 e. The molecule has 0 aromatic carbocycles. The summed E-state index contributed by atoms with van der Waals surface area (Å²) in [6.45, 7) is 20.9. The molecular formula is C34H55F3O3S. The maximum atomic E-state index is 13.1. The number of hydrogen-bond donors (Lipinski definition) is 0. The van der Waals surface area contributed by atoms with Gasteiger partial charge in [0.1, 0.15) is 5.76 Å². The average molecular weight is 601 g/mol. The van der Waals surface area contributed by atoms with Crippen LogP contribution in [-0.4, -0.2) is 18.6 Å². The summed E-state index contributed by atoms with van der Waals surface area (Å²) in [5.74, 6) is 2.23. The topological polar surface area (TPSA) is 35.5 Å². The number of methoxy groups -OCH3 is 1. The maximum Gasteiger partial charge on any atom is 0.479 e. The van der Waals surface area contributed by atoms with Crippen LogP contribution >= 0.6 is 12.0 Å². The van der Waals surface area contributed by atoms with Crippen LogP contribution in [0, 0.1) is 50.7 Å². The molecule has 7 unspecified atom stereocenters. The zero-order valence-corrected chi connectivity index (χ0v) is 27.8. The number of esters is 1. The molecule has 0 aliphatic heterocycles. The second-order valence-corrected chi connectivity index (χ2v) is 15.1. The molecule has 5 rings (SSSR count). The molecule has 0 N–H and O–H groups in total. The van der Waals surface area contributed by atoms with Crippen LogP contribution < -0.4 is 0 Å². The van der Waals surface area contributed by atoms with E-state index in [1.807, 2.05) is 26.8 Å². The third kappa shape index (κ3) is 5.41. The number of allylic oxidation sites excluding steroid dienone is 3. The molecule has 5 aliphatic carbocycles. The predicted molar refractivity (Wildman–Crippen MR) is 163 cm³/mol. The summed E-state index contributed by atoms with van der Waals surface area (Å²) in [5.41, 5.74) is -4.81. The van der Waals surface area contributed by atoms with Gasteiger partial charge in [-0.3, -0.25) is 4.79 Å². The van der Waals surface area contributed by atoms with E-state index in [0.717, 1.165) is 64.2 Å². The number of halogens is 3. The Morgan fingerprint density at radius 1 is 0.951 bits per heavy atom. The van der Waals surface area contributed by atoms with Crippen molar-refractivity contribution in [2.75, 3.05) is 7.11 Å². The highest BCUT2D eigenvalue weighted by Gasteiger charge is 2.70. The van der Waals surface area contributed by atoms with E-state index in [-0.39, 0.29) is 45.6 Å². The van der Waals surface area contributed by atoms with E-state index in [0.29, 0.717) is 23.5 Å². The Balaban J connectivity index is 0.000000868. The van der Waals surface area contributed by atoms with E-state index in [1.165, 1.54) is 0 Å². The van der Waals surface area contributed by atoms with Crippen LogP contribution in [0.5, 0.6) is 0 Å². The lowest BCUT2D eigenvalue weighted by molar-refractivity contribution is -0.228. The molecule has 0 bridgehead atoms. The van der Waals surface area contributed by atoms with Crippen molar-refractivity contribution in [1.82, 2.24) is 0 Å². The molecule has 3 nitrogen and oxygen atoms in total. The van der Waals surface area contributed by atoms with Crippen molar-refractivity contribution < 1.29 is 26.9 Å². The molecule has 4 saturated carbocycles. The van der Waals surface area contributed by atoms with E-state index >= 15 is 0 Å². The van der Waals surface area contributed by atoms with E-state index in [4.69, 9.17) is 8.92 Å². The van der Waals surface area contributed by atoms with Gasteiger partial charge in [0.05, 0.1) is 12.5 Å². The first-order valence-electron chi connectivity index (χ1n) is 15.9. The Morgan fingerprint density at radius 3 is 2.17 bits per heavy atom. The Kier molecular flexibility index (Phi) is 10.2. The average Bonchev–Trinajstić information content (AvgIpc) is 3.34. The first-order chi connectivity index (χ1) is 19.1. The van der Waals surface area contributed by atoms with Crippen LogP contribution in [0.4, 0.5) is 13.2 Å². The van der Waals surface area contributed by atoms with Crippen LogP contribution in [0.3, 0.4) is 0 Å². The fourth-order valence-electron chi connectivity index (χ4n) is 10.9. The minimum Gasteiger partial charge on any atom is -0.469 e. The van der Waals surface area contributed by atoms with Crippen LogP contribution in [0.2, 0.25) is 0 Å². The van der Waals surface area contributed by atoms with Crippen LogP contribution in [0.15, 0.2) is 24.5 Å². The van der Waals surface area contributed by atoms with Gasteiger partial charge in [-0.2, -0.15) is 13.2 Å². The van der Waals surface area contributed by atoms with Gasteiger partial charge in [0.2, 0.25) is 0 Å². The number of ether oxygens (including phenoxy) is 1. The molecule has 0 saturated heterocycles. The molecule has 0 amide bonds. The number of hydrogen-bond acceptors (Lipinski definition) is 4. The summed E-state index contributed by atoms with van der Waals surface area (Å²) in [6, 6.07) is 0. The highest BCUT2D eigenvalue weighted by atomic mass is 32.2. The Bertz CT molecular complexity index is 992. The van der Waals surface area contributed by atoms with Crippen molar-refractivity contribution in [3.8, 4) is 0 Å². The predicted octanol–water partition coefficient (Wildman–Crippen LogP) is 10.9. The van der Waals surface area contributed by atoms with Gasteiger partial charge in [-0.05, 0) is 111 Å². The largest absolute Gasteiger partial charge is 0.479 e. The van der Waals surface area contributed by atoms with Crippen molar-refractivity contribution in [3.05, 3.63) is 24.5 Å². The second kappa shape index (κ2) is 12.1. The molecule has 0 heterocycles. The molecule has 8 atom stereocenters. The minimum absolute atomic E-state index is 0.0124. The quantitative estimate of drug-likeness (QED) is 0.183. The molecule has 0 aromatic heterocycles. The molecule has 4 fully saturated rings. The van der Waals surface area contributed by atoms with Gasteiger partial charge in [0, 0.05) is 5.41 Å². The summed E-state index contributed by atoms with van der Waals surface area (Å²) in [7, 11) is 1.55. The SMILES string of the molecule is C=CC.CC.COC(=O)C12CCCC1C1CCC3C4(C)CC=C(OSC(F)(F)F)C(C)(C)C4CCC3(C)[C@]1(C)CC2. The van der Waals surface area contributed by atoms with Gasteiger partial charge in [-0.15, -0.1) is 6.58 Å². The number of alkyl halides is 3. The minimum atomic E-state index is -4.41. The van der Waals surface area contributed by atoms with E-state index in [1.54, 1.807) is 13.2 Å². The van der Waals surface area contributed by atoms with Gasteiger partial charge in [-0.1, -0.05) is 61.0 Å². The fraction of sp³-hybridized carbons (Fsp3) is 0.853. The van der Waals surface area contributed by atoms with Crippen LogP contribution in [0.25, 0.3) is 0 Å². The van der Waals surface area contributed by atoms with Gasteiger partial charge in [0.15, 0.2) is 12.0 Å². The van der Waals surface area contributed by atoms with Gasteiger partial charge >= 0.3 is 11.5 Å².